The molecule has 0 saturated heterocycles. The Morgan fingerprint density at radius 1 is 1.18 bits per heavy atom. The molecule has 0 aliphatic heterocycles. The van der Waals surface area contributed by atoms with Crippen LogP contribution in [0.4, 0.5) is 0 Å². The van der Waals surface area contributed by atoms with Gasteiger partial charge < -0.3 is 14.0 Å². The van der Waals surface area contributed by atoms with Crippen LogP contribution in [0, 0.1) is 28.6 Å². The molecule has 1 aromatic heterocycles. The molecule has 0 spiro atoms. The maximum absolute atomic E-state index is 13.7. The van der Waals surface area contributed by atoms with Crippen molar-refractivity contribution in [3.63, 3.8) is 0 Å². The first-order valence-corrected chi connectivity index (χ1v) is 16.5. The standard InChI is InChI=1S/C31H45N2O5P/c1-6-37-29(34)21(2)33-39(35,20-36-5)38-24-13-15-30(3)23(18-24)9-10-25-27-12-11-26(22-8-7-17-32-19-22)31(27,4)16-14-28(25)30/h7-9,11,17,19,21,24-25,27-28H,6,10,12-16,18,20H2,1-5H3,(H,33,35)/t21?,24-,25-,27-,28-,30-,31+,39?/m0/s1. The zero-order valence-corrected chi connectivity index (χ0v) is 25.0. The van der Waals surface area contributed by atoms with E-state index in [0.717, 1.165) is 32.1 Å². The highest BCUT2D eigenvalue weighted by Gasteiger charge is 2.57. The minimum atomic E-state index is -3.39. The molecule has 0 amide bonds. The smallest absolute Gasteiger partial charge is 0.323 e. The number of aromatic nitrogens is 1. The van der Waals surface area contributed by atoms with Crippen molar-refractivity contribution >= 4 is 19.1 Å². The zero-order valence-electron chi connectivity index (χ0n) is 24.2. The SMILES string of the molecule is CCOC(=O)C(C)NP(=O)(COC)O[C@H]1CC[C@@]2(C)C(=CC[C@@H]3[C@@H]2CC[C@]2(C)C(c4cccnc4)=CC[C@@H]32)C1. The molecule has 214 valence electrons. The van der Waals surface area contributed by atoms with Gasteiger partial charge in [-0.1, -0.05) is 37.6 Å². The molecule has 2 fully saturated rings. The largest absolute Gasteiger partial charge is 0.465 e. The third-order valence-corrected chi connectivity index (χ3v) is 12.3. The first kappa shape index (κ1) is 28.7. The summed E-state index contributed by atoms with van der Waals surface area (Å²) in [5, 5.41) is 2.90. The molecule has 7 nitrogen and oxygen atoms in total. The Bertz CT molecular complexity index is 1170. The number of carbonyl (C=O) groups is 1. The zero-order chi connectivity index (χ0) is 27.8. The van der Waals surface area contributed by atoms with Gasteiger partial charge in [-0.15, -0.1) is 0 Å². The summed E-state index contributed by atoms with van der Waals surface area (Å²) in [6, 6.07) is 3.53. The van der Waals surface area contributed by atoms with Crippen molar-refractivity contribution in [3.8, 4) is 0 Å². The molecule has 8 heteroatoms. The van der Waals surface area contributed by atoms with Gasteiger partial charge in [-0.25, -0.2) is 5.09 Å². The van der Waals surface area contributed by atoms with Gasteiger partial charge >= 0.3 is 5.97 Å². The topological polar surface area (TPSA) is 86.8 Å². The molecule has 1 heterocycles. The summed E-state index contributed by atoms with van der Waals surface area (Å²) in [6.45, 7) is 8.64. The van der Waals surface area contributed by atoms with Gasteiger partial charge in [0, 0.05) is 19.5 Å². The Morgan fingerprint density at radius 3 is 2.69 bits per heavy atom. The fourth-order valence-corrected chi connectivity index (χ4v) is 10.3. The monoisotopic (exact) mass is 556 g/mol. The van der Waals surface area contributed by atoms with Crippen LogP contribution in [0.5, 0.6) is 0 Å². The Labute approximate surface area is 233 Å². The van der Waals surface area contributed by atoms with Gasteiger partial charge in [-0.3, -0.25) is 14.3 Å². The van der Waals surface area contributed by atoms with E-state index in [4.69, 9.17) is 14.0 Å². The average molecular weight is 557 g/mol. The molecule has 39 heavy (non-hydrogen) atoms. The van der Waals surface area contributed by atoms with Crippen molar-refractivity contribution in [3.05, 3.63) is 47.8 Å². The lowest BCUT2D eigenvalue weighted by Gasteiger charge is -2.58. The number of nitrogens with zero attached hydrogens (tertiary/aromatic N) is 1. The fourth-order valence-electron chi connectivity index (χ4n) is 8.38. The summed E-state index contributed by atoms with van der Waals surface area (Å²) in [5.41, 5.74) is 4.60. The maximum atomic E-state index is 13.7. The van der Waals surface area contributed by atoms with Crippen LogP contribution in [-0.2, 0) is 23.4 Å². The van der Waals surface area contributed by atoms with E-state index in [1.807, 2.05) is 18.5 Å². The van der Waals surface area contributed by atoms with Gasteiger partial charge in [-0.2, -0.15) is 0 Å². The van der Waals surface area contributed by atoms with Crippen LogP contribution in [0.25, 0.3) is 5.57 Å². The highest BCUT2D eigenvalue weighted by Crippen LogP contribution is 2.66. The van der Waals surface area contributed by atoms with Gasteiger partial charge in [0.15, 0.2) is 0 Å². The predicted octanol–water partition coefficient (Wildman–Crippen LogP) is 6.76. The molecule has 5 rings (SSSR count). The van der Waals surface area contributed by atoms with Gasteiger partial charge in [0.05, 0.1) is 12.7 Å². The molecule has 0 radical (unpaired) electrons. The Morgan fingerprint density at radius 2 is 1.97 bits per heavy atom. The Balaban J connectivity index is 1.29. The van der Waals surface area contributed by atoms with Gasteiger partial charge in [0.2, 0.25) is 0 Å². The van der Waals surface area contributed by atoms with E-state index >= 15 is 0 Å². The van der Waals surface area contributed by atoms with Crippen LogP contribution >= 0.6 is 7.52 Å². The molecule has 2 unspecified atom stereocenters. The number of methoxy groups -OCH3 is 1. The molecular formula is C31H45N2O5P. The van der Waals surface area contributed by atoms with E-state index in [1.165, 1.54) is 36.7 Å². The fraction of sp³-hybridized carbons (Fsp3) is 0.677. The quantitative estimate of drug-likeness (QED) is 0.204. The summed E-state index contributed by atoms with van der Waals surface area (Å²) in [5.74, 6) is 1.55. The van der Waals surface area contributed by atoms with E-state index in [9.17, 15) is 9.36 Å². The molecule has 0 bridgehead atoms. The Hall–Kier alpha value is -1.79. The van der Waals surface area contributed by atoms with Crippen molar-refractivity contribution in [1.82, 2.24) is 10.1 Å². The number of allylic oxidation sites excluding steroid dienone is 3. The second-order valence-electron chi connectivity index (χ2n) is 12.5. The molecule has 2 saturated carbocycles. The molecular weight excluding hydrogens is 511 g/mol. The van der Waals surface area contributed by atoms with E-state index in [2.05, 4.69) is 42.1 Å². The van der Waals surface area contributed by atoms with Gasteiger partial charge in [-0.05, 0) is 105 Å². The molecule has 1 N–H and O–H groups in total. The van der Waals surface area contributed by atoms with Crippen molar-refractivity contribution in [2.24, 2.45) is 28.6 Å². The third kappa shape index (κ3) is 5.32. The highest BCUT2D eigenvalue weighted by atomic mass is 31.2. The first-order valence-electron chi connectivity index (χ1n) is 14.6. The van der Waals surface area contributed by atoms with Crippen molar-refractivity contribution in [2.45, 2.75) is 84.8 Å². The molecule has 0 aromatic carbocycles. The lowest BCUT2D eigenvalue weighted by molar-refractivity contribution is -0.144. The Kier molecular flexibility index (Phi) is 8.28. The molecule has 1 aromatic rings. The van der Waals surface area contributed by atoms with Crippen LogP contribution in [0.15, 0.2) is 42.3 Å². The average Bonchev–Trinajstić information content (AvgIpc) is 3.27. The molecule has 4 aliphatic carbocycles. The van der Waals surface area contributed by atoms with Crippen LogP contribution < -0.4 is 5.09 Å². The van der Waals surface area contributed by atoms with Crippen molar-refractivity contribution < 1.29 is 23.4 Å². The van der Waals surface area contributed by atoms with Crippen molar-refractivity contribution in [1.29, 1.82) is 0 Å². The first-order chi connectivity index (χ1) is 18.6. The highest BCUT2D eigenvalue weighted by molar-refractivity contribution is 7.56. The number of rotatable bonds is 9. The van der Waals surface area contributed by atoms with Crippen LogP contribution in [-0.4, -0.2) is 43.2 Å². The second-order valence-corrected chi connectivity index (χ2v) is 14.5. The van der Waals surface area contributed by atoms with E-state index in [1.54, 1.807) is 13.8 Å². The number of carbonyl (C=O) groups excluding carboxylic acids is 1. The summed E-state index contributed by atoms with van der Waals surface area (Å²) in [4.78, 5) is 16.6. The van der Waals surface area contributed by atoms with Crippen molar-refractivity contribution in [2.75, 3.05) is 20.1 Å². The summed E-state index contributed by atoms with van der Waals surface area (Å²) < 4.78 is 30.3. The number of pyridine rings is 1. The summed E-state index contributed by atoms with van der Waals surface area (Å²) in [7, 11) is -1.89. The predicted molar refractivity (Wildman–Crippen MR) is 153 cm³/mol. The van der Waals surface area contributed by atoms with Crippen LogP contribution in [0.1, 0.15) is 78.2 Å². The third-order valence-electron chi connectivity index (χ3n) is 10.3. The normalized spacial score (nSPS) is 35.9. The summed E-state index contributed by atoms with van der Waals surface area (Å²) in [6.07, 6.45) is 16.0. The van der Waals surface area contributed by atoms with Gasteiger partial charge in [0.1, 0.15) is 12.4 Å². The second kappa shape index (κ2) is 11.2. The number of hydrogen-bond acceptors (Lipinski definition) is 6. The number of fused-ring (bicyclic) bond motifs is 5. The molecule has 4 aliphatic rings. The van der Waals surface area contributed by atoms with Crippen LogP contribution in [0.2, 0.25) is 0 Å². The van der Waals surface area contributed by atoms with Crippen LogP contribution in [0.3, 0.4) is 0 Å². The number of hydrogen-bond donors (Lipinski definition) is 1. The lowest BCUT2D eigenvalue weighted by atomic mass is 9.47. The number of esters is 1. The van der Waals surface area contributed by atoms with E-state index < -0.39 is 19.5 Å². The molecule has 8 atom stereocenters. The van der Waals surface area contributed by atoms with E-state index in [0.29, 0.717) is 17.8 Å². The minimum absolute atomic E-state index is 0.0825. The number of ether oxygens (including phenoxy) is 2. The maximum Gasteiger partial charge on any atom is 0.323 e. The lowest BCUT2D eigenvalue weighted by Crippen LogP contribution is -2.50. The summed E-state index contributed by atoms with van der Waals surface area (Å²) >= 11 is 0. The number of nitrogens with one attached hydrogen (secondary N) is 1. The van der Waals surface area contributed by atoms with Gasteiger partial charge in [0.25, 0.3) is 7.52 Å². The minimum Gasteiger partial charge on any atom is -0.465 e. The van der Waals surface area contributed by atoms with E-state index in [-0.39, 0.29) is 29.9 Å².